The minimum Gasteiger partial charge on any atom is -0.463 e. The van der Waals surface area contributed by atoms with Crippen molar-refractivity contribution in [2.24, 2.45) is 23.2 Å². The molecule has 1 N–H and O–H groups in total. The molecule has 9 atom stereocenters. The van der Waals surface area contributed by atoms with E-state index in [1.54, 1.807) is 27.9 Å². The Bertz CT molecular complexity index is 986. The summed E-state index contributed by atoms with van der Waals surface area (Å²) in [5.41, 5.74) is -2.40. The highest BCUT2D eigenvalue weighted by molar-refractivity contribution is 6.04. The van der Waals surface area contributed by atoms with E-state index in [0.717, 1.165) is 0 Å². The number of ether oxygens (including phenoxy) is 4. The largest absolute Gasteiger partial charge is 0.463 e. The first-order valence-corrected chi connectivity index (χ1v) is 15.9. The lowest BCUT2D eigenvalue weighted by atomic mass is 9.74. The number of ketones is 1. The molecule has 0 aromatic carbocycles. The predicted octanol–water partition coefficient (Wildman–Crippen LogP) is 2.19. The zero-order valence-electron chi connectivity index (χ0n) is 28.3. The monoisotopic (exact) mass is 611 g/mol. The highest BCUT2D eigenvalue weighted by Gasteiger charge is 2.52. The molecule has 0 aromatic rings. The van der Waals surface area contributed by atoms with Crippen LogP contribution >= 0.6 is 0 Å². The van der Waals surface area contributed by atoms with E-state index in [0.29, 0.717) is 38.9 Å². The summed E-state index contributed by atoms with van der Waals surface area (Å²) >= 11 is 0. The van der Waals surface area contributed by atoms with Gasteiger partial charge in [-0.05, 0) is 67.6 Å². The number of cyclic esters (lactones) is 1. The van der Waals surface area contributed by atoms with Crippen molar-refractivity contribution in [3.63, 3.8) is 0 Å². The van der Waals surface area contributed by atoms with Gasteiger partial charge in [0.05, 0.1) is 17.8 Å². The Hall–Kier alpha value is -1.63. The summed E-state index contributed by atoms with van der Waals surface area (Å²) in [6.45, 7) is 14.9. The second-order valence-corrected chi connectivity index (χ2v) is 14.3. The molecule has 3 fully saturated rings. The molecule has 1 amide bonds. The molecule has 0 spiro atoms. The van der Waals surface area contributed by atoms with Gasteiger partial charge in [0.15, 0.2) is 12.1 Å². The van der Waals surface area contributed by atoms with Crippen molar-refractivity contribution >= 4 is 17.7 Å². The van der Waals surface area contributed by atoms with Gasteiger partial charge in [0.1, 0.15) is 18.1 Å². The van der Waals surface area contributed by atoms with Gasteiger partial charge < -0.3 is 33.9 Å². The Morgan fingerprint density at radius 1 is 1.12 bits per heavy atom. The van der Waals surface area contributed by atoms with Crippen LogP contribution in [0.4, 0.5) is 0 Å². The fourth-order valence-electron chi connectivity index (χ4n) is 7.24. The number of amides is 1. The van der Waals surface area contributed by atoms with Gasteiger partial charge in [0.2, 0.25) is 5.91 Å². The molecule has 3 aliphatic heterocycles. The van der Waals surface area contributed by atoms with E-state index in [4.69, 9.17) is 18.9 Å². The van der Waals surface area contributed by atoms with Crippen LogP contribution in [0.1, 0.15) is 67.7 Å². The van der Waals surface area contributed by atoms with Crippen molar-refractivity contribution in [2.45, 2.75) is 110 Å². The zero-order valence-corrected chi connectivity index (χ0v) is 28.3. The number of carbonyl (C=O) groups excluding carboxylic acids is 3. The molecule has 3 saturated heterocycles. The molecule has 248 valence electrons. The topological polar surface area (TPSA) is 118 Å². The number of aliphatic hydroxyl groups is 1. The van der Waals surface area contributed by atoms with Crippen molar-refractivity contribution in [3.05, 3.63) is 0 Å². The molecular formula is C32H57N3O8. The molecule has 0 aliphatic carbocycles. The first-order valence-electron chi connectivity index (χ1n) is 15.9. The average molecular weight is 612 g/mol. The maximum Gasteiger partial charge on any atom is 0.319 e. The van der Waals surface area contributed by atoms with Crippen LogP contribution in [0.3, 0.4) is 0 Å². The maximum absolute atomic E-state index is 14.1. The highest BCUT2D eigenvalue weighted by Crippen LogP contribution is 2.38. The summed E-state index contributed by atoms with van der Waals surface area (Å²) < 4.78 is 24.8. The molecule has 11 nitrogen and oxygen atoms in total. The van der Waals surface area contributed by atoms with Crippen molar-refractivity contribution in [1.82, 2.24) is 14.7 Å². The van der Waals surface area contributed by atoms with Crippen molar-refractivity contribution in [1.29, 1.82) is 0 Å². The molecule has 3 heterocycles. The third-order valence-electron chi connectivity index (χ3n) is 10.0. The molecule has 43 heavy (non-hydrogen) atoms. The second kappa shape index (κ2) is 14.2. The quantitative estimate of drug-likeness (QED) is 0.354. The van der Waals surface area contributed by atoms with Gasteiger partial charge in [-0.25, -0.2) is 0 Å². The fraction of sp³-hybridized carbons (Fsp3) is 0.906. The van der Waals surface area contributed by atoms with E-state index in [1.165, 1.54) is 0 Å². The van der Waals surface area contributed by atoms with Gasteiger partial charge in [-0.3, -0.25) is 19.3 Å². The molecule has 0 saturated carbocycles. The molecule has 3 aliphatic rings. The van der Waals surface area contributed by atoms with Crippen molar-refractivity contribution < 1.29 is 38.4 Å². The van der Waals surface area contributed by atoms with Crippen LogP contribution in [0, 0.1) is 23.2 Å². The van der Waals surface area contributed by atoms with Gasteiger partial charge in [-0.15, -0.1) is 0 Å². The number of Topliss-reactive ketones (excluding diaryl/α,β-unsaturated/α-hetero) is 1. The third-order valence-corrected chi connectivity index (χ3v) is 10.0. The standard InChI is InChI=1S/C32H57N3O8/c1-12-25(36)35-16-22(17-35)24-18-41-30(39)31(5,6)27(38)21(4)28(32(7,40-11)14-19(2)15-34(24)10)43-29-26(37)23(33(8)9)13-20(3)42-29/h19-24,26,28-29,37H,12-18H2,1-11H3/t19-,20-,21+,23+,24+,26-,28-,29+,32-/m1/s1. The molecule has 3 rings (SSSR count). The number of methoxy groups -OCH3 is 1. The van der Waals surface area contributed by atoms with Crippen molar-refractivity contribution in [3.8, 4) is 0 Å². The summed E-state index contributed by atoms with van der Waals surface area (Å²) in [7, 11) is 7.46. The van der Waals surface area contributed by atoms with Crippen LogP contribution < -0.4 is 0 Å². The Labute approximate surface area is 258 Å². The summed E-state index contributed by atoms with van der Waals surface area (Å²) in [5, 5.41) is 11.3. The number of esters is 1. The van der Waals surface area contributed by atoms with Crippen LogP contribution in [-0.4, -0.2) is 134 Å². The maximum atomic E-state index is 14.1. The summed E-state index contributed by atoms with van der Waals surface area (Å²) in [5.74, 6) is -1.31. The van der Waals surface area contributed by atoms with Gasteiger partial charge in [0, 0.05) is 57.1 Å². The van der Waals surface area contributed by atoms with E-state index in [2.05, 4.69) is 11.8 Å². The number of carbonyl (C=O) groups is 3. The number of aliphatic hydroxyl groups excluding tert-OH is 1. The molecule has 0 unspecified atom stereocenters. The molecule has 11 heteroatoms. The van der Waals surface area contributed by atoms with E-state index < -0.39 is 41.4 Å². The zero-order chi connectivity index (χ0) is 32.4. The Morgan fingerprint density at radius 3 is 2.30 bits per heavy atom. The Kier molecular flexibility index (Phi) is 11.8. The lowest BCUT2D eigenvalue weighted by molar-refractivity contribution is -0.295. The summed E-state index contributed by atoms with van der Waals surface area (Å²) in [4.78, 5) is 45.9. The van der Waals surface area contributed by atoms with Crippen molar-refractivity contribution in [2.75, 3.05) is 54.5 Å². The van der Waals surface area contributed by atoms with E-state index in [9.17, 15) is 19.5 Å². The fourth-order valence-corrected chi connectivity index (χ4v) is 7.24. The summed E-state index contributed by atoms with van der Waals surface area (Å²) in [6.07, 6.45) is -1.25. The first kappa shape index (κ1) is 35.8. The number of likely N-dealkylation sites (N-methyl/N-ethyl adjacent to an activating group) is 2. The number of rotatable bonds is 6. The third kappa shape index (κ3) is 7.79. The van der Waals surface area contributed by atoms with Crippen LogP contribution in [-0.2, 0) is 33.3 Å². The lowest BCUT2D eigenvalue weighted by Crippen LogP contribution is -2.60. The van der Waals surface area contributed by atoms with Crippen LogP contribution in [0.5, 0.6) is 0 Å². The first-order chi connectivity index (χ1) is 20.0. The number of hydrogen-bond acceptors (Lipinski definition) is 10. The molecule has 0 aromatic heterocycles. The van der Waals surface area contributed by atoms with Gasteiger partial charge in [-0.2, -0.15) is 0 Å². The number of likely N-dealkylation sites (tertiary alicyclic amines) is 1. The molecule has 0 bridgehead atoms. The second-order valence-electron chi connectivity index (χ2n) is 14.3. The van der Waals surface area contributed by atoms with E-state index >= 15 is 0 Å². The SMILES string of the molecule is CCC(=O)N1CC([C@@H]2COC(=O)C(C)(C)C(=O)[C@H](C)[C@@H](O[C@@H]3O[C@H](C)C[C@H](N(C)C)[C@H]3O)[C@](C)(OC)C[C@@H](C)CN2C)C1. The Morgan fingerprint density at radius 2 is 1.74 bits per heavy atom. The van der Waals surface area contributed by atoms with Gasteiger partial charge >= 0.3 is 5.97 Å². The van der Waals surface area contributed by atoms with E-state index in [-0.39, 0.29) is 48.3 Å². The number of hydrogen-bond donors (Lipinski definition) is 1. The minimum atomic E-state index is -1.45. The lowest BCUT2D eigenvalue weighted by Gasteiger charge is -2.47. The van der Waals surface area contributed by atoms with Crippen LogP contribution in [0.2, 0.25) is 0 Å². The Balaban J connectivity index is 1.96. The van der Waals surface area contributed by atoms with Crippen LogP contribution in [0.25, 0.3) is 0 Å². The normalized spacial score (nSPS) is 39.0. The highest BCUT2D eigenvalue weighted by atomic mass is 16.7. The van der Waals surface area contributed by atoms with E-state index in [1.807, 2.05) is 51.7 Å². The summed E-state index contributed by atoms with van der Waals surface area (Å²) in [6, 6.07) is -0.290. The smallest absolute Gasteiger partial charge is 0.319 e. The molecular weight excluding hydrogens is 554 g/mol. The minimum absolute atomic E-state index is 0.104. The van der Waals surface area contributed by atoms with Crippen LogP contribution in [0.15, 0.2) is 0 Å². The predicted molar refractivity (Wildman–Crippen MR) is 162 cm³/mol. The van der Waals surface area contributed by atoms with Gasteiger partial charge in [-0.1, -0.05) is 20.8 Å². The number of nitrogens with zero attached hydrogens (tertiary/aromatic N) is 3. The average Bonchev–Trinajstić information content (AvgIpc) is 2.91. The molecule has 0 radical (unpaired) electrons. The van der Waals surface area contributed by atoms with Gasteiger partial charge in [0.25, 0.3) is 0 Å².